The summed E-state index contributed by atoms with van der Waals surface area (Å²) in [6.45, 7) is 0. The fourth-order valence-electron chi connectivity index (χ4n) is 9.19. The van der Waals surface area contributed by atoms with Gasteiger partial charge in [-0.2, -0.15) is 0 Å². The van der Waals surface area contributed by atoms with Crippen LogP contribution >= 0.6 is 11.3 Å². The van der Waals surface area contributed by atoms with Gasteiger partial charge in [0, 0.05) is 32.1 Å². The highest BCUT2D eigenvalue weighted by Crippen LogP contribution is 2.59. The van der Waals surface area contributed by atoms with Crippen molar-refractivity contribution in [3.63, 3.8) is 0 Å². The van der Waals surface area contributed by atoms with E-state index in [1.54, 1.807) is 0 Å². The monoisotopic (exact) mass is 717 g/mol. The van der Waals surface area contributed by atoms with E-state index in [0.717, 1.165) is 5.69 Å². The Morgan fingerprint density at radius 3 is 1.69 bits per heavy atom. The molecule has 11 rings (SSSR count). The zero-order valence-electron chi connectivity index (χ0n) is 30.1. The quantitative estimate of drug-likeness (QED) is 0.166. The first-order valence-electron chi connectivity index (χ1n) is 18.9. The van der Waals surface area contributed by atoms with E-state index in [2.05, 4.69) is 217 Å². The number of rotatable bonds is 6. The van der Waals surface area contributed by atoms with Crippen LogP contribution in [0.25, 0.3) is 53.2 Å². The topological polar surface area (TPSA) is 3.24 Å². The van der Waals surface area contributed by atoms with Gasteiger partial charge in [0.05, 0.1) is 21.5 Å². The Labute approximate surface area is 325 Å². The number of fused-ring (bicyclic) bond motifs is 8. The molecule has 0 aliphatic heterocycles. The van der Waals surface area contributed by atoms with Crippen molar-refractivity contribution in [2.75, 3.05) is 4.90 Å². The maximum Gasteiger partial charge on any atom is 0.0714 e. The number of benzene rings is 9. The Balaban J connectivity index is 1.19. The van der Waals surface area contributed by atoms with Crippen LogP contribution in [0.3, 0.4) is 0 Å². The zero-order chi connectivity index (χ0) is 36.3. The van der Waals surface area contributed by atoms with Crippen LogP contribution in [-0.4, -0.2) is 0 Å². The van der Waals surface area contributed by atoms with E-state index in [0.29, 0.717) is 0 Å². The summed E-state index contributed by atoms with van der Waals surface area (Å²) in [5, 5.41) is 5.02. The third-order valence-corrected chi connectivity index (χ3v) is 12.8. The zero-order valence-corrected chi connectivity index (χ0v) is 30.9. The molecule has 0 radical (unpaired) electrons. The predicted octanol–water partition coefficient (Wildman–Crippen LogP) is 14.7. The molecular formula is C53H35NS. The van der Waals surface area contributed by atoms with Crippen LogP contribution < -0.4 is 4.90 Å². The van der Waals surface area contributed by atoms with E-state index in [4.69, 9.17) is 0 Å². The van der Waals surface area contributed by atoms with Gasteiger partial charge in [0.25, 0.3) is 0 Å². The molecule has 0 amide bonds. The largest absolute Gasteiger partial charge is 0.308 e. The van der Waals surface area contributed by atoms with Gasteiger partial charge >= 0.3 is 0 Å². The van der Waals surface area contributed by atoms with E-state index in [1.165, 1.54) is 86.8 Å². The molecule has 10 aromatic rings. The van der Waals surface area contributed by atoms with Crippen molar-refractivity contribution in [3.8, 4) is 22.3 Å². The number of thiophene rings is 1. The Hall–Kier alpha value is -6.74. The Morgan fingerprint density at radius 1 is 0.364 bits per heavy atom. The summed E-state index contributed by atoms with van der Waals surface area (Å²) in [5.74, 6) is 0. The lowest BCUT2D eigenvalue weighted by Gasteiger charge is -2.33. The van der Waals surface area contributed by atoms with Gasteiger partial charge in [0.1, 0.15) is 0 Å². The molecule has 0 saturated carbocycles. The minimum atomic E-state index is -0.433. The van der Waals surface area contributed by atoms with Crippen LogP contribution in [0.5, 0.6) is 0 Å². The van der Waals surface area contributed by atoms with Crippen LogP contribution in [0.1, 0.15) is 22.3 Å². The lowest BCUT2D eigenvalue weighted by atomic mass is 9.68. The van der Waals surface area contributed by atoms with Crippen molar-refractivity contribution in [1.82, 2.24) is 0 Å². The van der Waals surface area contributed by atoms with E-state index in [9.17, 15) is 0 Å². The van der Waals surface area contributed by atoms with Gasteiger partial charge in [0.2, 0.25) is 0 Å². The fraction of sp³-hybridized carbons (Fsp3) is 0.0189. The number of nitrogens with zero attached hydrogens (tertiary/aromatic N) is 1. The molecular weight excluding hydrogens is 683 g/mol. The third kappa shape index (κ3) is 4.78. The van der Waals surface area contributed by atoms with Crippen molar-refractivity contribution in [2.24, 2.45) is 0 Å². The van der Waals surface area contributed by atoms with Crippen LogP contribution in [0.2, 0.25) is 0 Å². The Morgan fingerprint density at radius 2 is 0.927 bits per heavy atom. The van der Waals surface area contributed by atoms with Crippen LogP contribution in [0, 0.1) is 0 Å². The molecule has 1 nitrogen and oxygen atoms in total. The summed E-state index contributed by atoms with van der Waals surface area (Å²) in [6.07, 6.45) is 0. The predicted molar refractivity (Wildman–Crippen MR) is 234 cm³/mol. The molecule has 0 unspecified atom stereocenters. The summed E-state index contributed by atoms with van der Waals surface area (Å²) >= 11 is 1.93. The van der Waals surface area contributed by atoms with Crippen molar-refractivity contribution < 1.29 is 0 Å². The van der Waals surface area contributed by atoms with Crippen molar-refractivity contribution in [2.45, 2.75) is 5.41 Å². The molecule has 1 heterocycles. The molecule has 0 spiro atoms. The average Bonchev–Trinajstić information content (AvgIpc) is 3.80. The maximum atomic E-state index is 2.47. The first kappa shape index (κ1) is 31.8. The van der Waals surface area contributed by atoms with Gasteiger partial charge in [-0.1, -0.05) is 188 Å². The van der Waals surface area contributed by atoms with E-state index in [-0.39, 0.29) is 0 Å². The normalized spacial score (nSPS) is 12.9. The minimum absolute atomic E-state index is 0.433. The number of hydrogen-bond donors (Lipinski definition) is 0. The number of hydrogen-bond acceptors (Lipinski definition) is 2. The van der Waals surface area contributed by atoms with Gasteiger partial charge in [0.15, 0.2) is 0 Å². The van der Waals surface area contributed by atoms with E-state index < -0.39 is 5.41 Å². The highest BCUT2D eigenvalue weighted by Gasteiger charge is 2.46. The highest BCUT2D eigenvalue weighted by molar-refractivity contribution is 7.27. The highest BCUT2D eigenvalue weighted by atomic mass is 32.1. The summed E-state index contributed by atoms with van der Waals surface area (Å²) in [7, 11) is 0. The summed E-state index contributed by atoms with van der Waals surface area (Å²) in [4.78, 5) is 2.47. The molecule has 258 valence electrons. The lowest BCUT2D eigenvalue weighted by molar-refractivity contribution is 0.769. The van der Waals surface area contributed by atoms with E-state index in [1.807, 2.05) is 11.3 Å². The second-order valence-electron chi connectivity index (χ2n) is 14.4. The summed E-state index contributed by atoms with van der Waals surface area (Å²) in [5.41, 5.74) is 13.4. The molecule has 0 bridgehead atoms. The average molecular weight is 718 g/mol. The molecule has 9 aromatic carbocycles. The molecule has 1 aromatic heterocycles. The maximum absolute atomic E-state index is 2.47. The van der Waals surface area contributed by atoms with Crippen LogP contribution in [-0.2, 0) is 5.41 Å². The summed E-state index contributed by atoms with van der Waals surface area (Å²) < 4.78 is 2.61. The van der Waals surface area contributed by atoms with Crippen molar-refractivity contribution in [1.29, 1.82) is 0 Å². The van der Waals surface area contributed by atoms with Gasteiger partial charge in [-0.05, 0) is 68.6 Å². The van der Waals surface area contributed by atoms with Crippen molar-refractivity contribution >= 4 is 59.3 Å². The molecule has 0 fully saturated rings. The first-order chi connectivity index (χ1) is 27.3. The molecule has 0 N–H and O–H groups in total. The SMILES string of the molecule is c1ccc(-c2ccc(N(c3cccc4ccccc34)c3cccc4c3sc3c5c(ccc34)C(c3ccccc3)(c3ccccc3)c3ccccc3-5)cc2)cc1. The van der Waals surface area contributed by atoms with Crippen molar-refractivity contribution in [3.05, 3.63) is 235 Å². The van der Waals surface area contributed by atoms with Gasteiger partial charge in [-0.3, -0.25) is 0 Å². The van der Waals surface area contributed by atoms with Gasteiger partial charge < -0.3 is 4.90 Å². The summed E-state index contributed by atoms with van der Waals surface area (Å²) in [6, 6.07) is 78.0. The standard InChI is InChI=1S/C53H35NS/c1-4-16-36(17-5-1)37-30-32-41(33-31-37)54(48-28-14-19-38-18-10-11-24-42(38)48)49-29-15-26-43-44-34-35-47-50(52(44)55-51(43)49)45-25-12-13-27-46(45)53(47,39-20-6-2-7-21-39)40-22-8-3-9-23-40/h1-35H. The second-order valence-corrected chi connectivity index (χ2v) is 15.4. The Kier molecular flexibility index (Phi) is 7.33. The molecule has 2 heteroatoms. The second kappa shape index (κ2) is 12.7. The molecule has 1 aliphatic carbocycles. The minimum Gasteiger partial charge on any atom is -0.308 e. The van der Waals surface area contributed by atoms with Crippen LogP contribution in [0.15, 0.2) is 212 Å². The number of anilines is 3. The van der Waals surface area contributed by atoms with Crippen LogP contribution in [0.4, 0.5) is 17.1 Å². The van der Waals surface area contributed by atoms with Gasteiger partial charge in [-0.25, -0.2) is 0 Å². The van der Waals surface area contributed by atoms with Gasteiger partial charge in [-0.15, -0.1) is 11.3 Å². The molecule has 55 heavy (non-hydrogen) atoms. The lowest BCUT2D eigenvalue weighted by Crippen LogP contribution is -2.28. The fourth-order valence-corrected chi connectivity index (χ4v) is 10.6. The third-order valence-electron chi connectivity index (χ3n) is 11.5. The van der Waals surface area contributed by atoms with E-state index >= 15 is 0 Å². The smallest absolute Gasteiger partial charge is 0.0714 e. The Bertz CT molecular complexity index is 2970. The first-order valence-corrected chi connectivity index (χ1v) is 19.8. The molecule has 0 saturated heterocycles. The molecule has 1 aliphatic rings. The molecule has 0 atom stereocenters.